The first-order valence-electron chi connectivity index (χ1n) is 7.05. The molecule has 2 rings (SSSR count). The maximum atomic E-state index is 11.8. The van der Waals surface area contributed by atoms with Gasteiger partial charge in [0.2, 0.25) is 11.7 Å². The number of carbonyl (C=O) groups excluding carboxylic acids is 1. The van der Waals surface area contributed by atoms with E-state index in [1.165, 1.54) is 10.4 Å². The summed E-state index contributed by atoms with van der Waals surface area (Å²) in [5, 5.41) is 15.0. The lowest BCUT2D eigenvalue weighted by atomic mass is 10.1. The molecule has 0 aliphatic rings. The van der Waals surface area contributed by atoms with Crippen LogP contribution in [0.4, 0.5) is 0 Å². The maximum Gasteiger partial charge on any atom is 0.244 e. The van der Waals surface area contributed by atoms with Crippen molar-refractivity contribution in [2.75, 3.05) is 0 Å². The molecule has 0 spiro atoms. The third kappa shape index (κ3) is 4.37. The summed E-state index contributed by atoms with van der Waals surface area (Å²) in [7, 11) is 0. The number of tetrazole rings is 1. The summed E-state index contributed by atoms with van der Waals surface area (Å²) in [4.78, 5) is 13.1. The van der Waals surface area contributed by atoms with E-state index in [1.54, 1.807) is 0 Å². The minimum atomic E-state index is -0.267. The zero-order valence-corrected chi connectivity index (χ0v) is 12.9. The molecule has 1 heterocycles. The fraction of sp³-hybridized carbons (Fsp3) is 0.467. The lowest BCUT2D eigenvalue weighted by Gasteiger charge is -2.19. The Morgan fingerprint density at radius 3 is 2.48 bits per heavy atom. The second kappa shape index (κ2) is 6.03. The smallest absolute Gasteiger partial charge is 0.244 e. The Morgan fingerprint density at radius 1 is 1.24 bits per heavy atom. The van der Waals surface area contributed by atoms with Crippen molar-refractivity contribution in [1.29, 1.82) is 0 Å². The van der Waals surface area contributed by atoms with E-state index in [0.29, 0.717) is 5.82 Å². The molecule has 21 heavy (non-hydrogen) atoms. The molecular formula is C15H21N5O. The molecule has 1 aromatic carbocycles. The van der Waals surface area contributed by atoms with Gasteiger partial charge >= 0.3 is 0 Å². The number of hydrogen-bond acceptors (Lipinski definition) is 4. The average Bonchev–Trinajstić information content (AvgIpc) is 2.85. The topological polar surface area (TPSA) is 72.7 Å². The van der Waals surface area contributed by atoms with E-state index in [1.807, 2.05) is 45.0 Å². The maximum absolute atomic E-state index is 11.8. The van der Waals surface area contributed by atoms with Crippen LogP contribution < -0.4 is 5.32 Å². The molecule has 0 saturated carbocycles. The Kier molecular flexibility index (Phi) is 4.35. The van der Waals surface area contributed by atoms with Crippen molar-refractivity contribution in [3.05, 3.63) is 29.8 Å². The molecule has 6 heteroatoms. The lowest BCUT2D eigenvalue weighted by molar-refractivity contribution is -0.123. The van der Waals surface area contributed by atoms with E-state index in [-0.39, 0.29) is 18.0 Å². The molecular weight excluding hydrogens is 266 g/mol. The molecule has 0 aliphatic carbocycles. The quantitative estimate of drug-likeness (QED) is 0.931. The van der Waals surface area contributed by atoms with Gasteiger partial charge in [-0.3, -0.25) is 4.79 Å². The molecule has 0 aliphatic heterocycles. The van der Waals surface area contributed by atoms with Gasteiger partial charge in [-0.2, -0.15) is 4.80 Å². The number of amides is 1. The van der Waals surface area contributed by atoms with E-state index in [0.717, 1.165) is 12.0 Å². The molecule has 0 atom stereocenters. The Hall–Kier alpha value is -2.24. The van der Waals surface area contributed by atoms with Gasteiger partial charge in [0.15, 0.2) is 0 Å². The van der Waals surface area contributed by atoms with Crippen LogP contribution in [0.5, 0.6) is 0 Å². The summed E-state index contributed by atoms with van der Waals surface area (Å²) < 4.78 is 0. The van der Waals surface area contributed by atoms with Crippen molar-refractivity contribution in [2.45, 2.75) is 46.2 Å². The number of hydrogen-bond donors (Lipinski definition) is 1. The van der Waals surface area contributed by atoms with Gasteiger partial charge in [0.25, 0.3) is 0 Å². The number of aromatic nitrogens is 4. The van der Waals surface area contributed by atoms with E-state index < -0.39 is 0 Å². The molecule has 1 aromatic heterocycles. The second-order valence-corrected chi connectivity index (χ2v) is 5.99. The van der Waals surface area contributed by atoms with Crippen molar-refractivity contribution in [2.24, 2.45) is 0 Å². The predicted molar refractivity (Wildman–Crippen MR) is 80.5 cm³/mol. The van der Waals surface area contributed by atoms with Gasteiger partial charge in [-0.25, -0.2) is 0 Å². The summed E-state index contributed by atoms with van der Waals surface area (Å²) in [5.74, 6) is 0.397. The van der Waals surface area contributed by atoms with Crippen LogP contribution in [0.25, 0.3) is 11.4 Å². The fourth-order valence-corrected chi connectivity index (χ4v) is 1.90. The molecule has 0 bridgehead atoms. The number of carbonyl (C=O) groups is 1. The highest BCUT2D eigenvalue weighted by Gasteiger charge is 2.15. The predicted octanol–water partition coefficient (Wildman–Crippen LogP) is 1.82. The first kappa shape index (κ1) is 15.2. The summed E-state index contributed by atoms with van der Waals surface area (Å²) in [6.45, 7) is 7.97. The largest absolute Gasteiger partial charge is 0.350 e. The van der Waals surface area contributed by atoms with Crippen molar-refractivity contribution in [3.63, 3.8) is 0 Å². The van der Waals surface area contributed by atoms with Crippen LogP contribution in [0.1, 0.15) is 33.3 Å². The van der Waals surface area contributed by atoms with Crippen LogP contribution in [0.3, 0.4) is 0 Å². The van der Waals surface area contributed by atoms with Gasteiger partial charge in [-0.15, -0.1) is 10.2 Å². The first-order valence-corrected chi connectivity index (χ1v) is 7.05. The zero-order valence-electron chi connectivity index (χ0n) is 12.9. The van der Waals surface area contributed by atoms with Crippen molar-refractivity contribution < 1.29 is 4.79 Å². The van der Waals surface area contributed by atoms with Crippen molar-refractivity contribution in [1.82, 2.24) is 25.5 Å². The minimum absolute atomic E-state index is 0.0668. The molecule has 0 unspecified atom stereocenters. The van der Waals surface area contributed by atoms with Crippen LogP contribution in [-0.2, 0) is 17.8 Å². The number of benzene rings is 1. The normalized spacial score (nSPS) is 11.4. The molecule has 2 aromatic rings. The SMILES string of the molecule is CCc1ccc(-c2nnn(CC(=O)NC(C)(C)C)n2)cc1. The monoisotopic (exact) mass is 287 g/mol. The number of nitrogens with one attached hydrogen (secondary N) is 1. The molecule has 1 amide bonds. The Bertz CT molecular complexity index is 610. The van der Waals surface area contributed by atoms with E-state index >= 15 is 0 Å². The van der Waals surface area contributed by atoms with Gasteiger partial charge in [0, 0.05) is 11.1 Å². The molecule has 6 nitrogen and oxygen atoms in total. The fourth-order valence-electron chi connectivity index (χ4n) is 1.90. The molecule has 112 valence electrons. The second-order valence-electron chi connectivity index (χ2n) is 5.99. The standard InChI is InChI=1S/C15H21N5O/c1-5-11-6-8-12(9-7-11)14-17-19-20(18-14)10-13(21)16-15(2,3)4/h6-9H,5,10H2,1-4H3,(H,16,21). The van der Waals surface area contributed by atoms with Crippen LogP contribution in [-0.4, -0.2) is 31.7 Å². The van der Waals surface area contributed by atoms with Crippen LogP contribution in [0.15, 0.2) is 24.3 Å². The molecule has 1 N–H and O–H groups in total. The van der Waals surface area contributed by atoms with E-state index in [2.05, 4.69) is 27.7 Å². The minimum Gasteiger partial charge on any atom is -0.350 e. The first-order chi connectivity index (χ1) is 9.87. The molecule has 0 saturated heterocycles. The Morgan fingerprint density at radius 2 is 1.90 bits per heavy atom. The number of rotatable bonds is 4. The Balaban J connectivity index is 2.05. The van der Waals surface area contributed by atoms with Crippen LogP contribution >= 0.6 is 0 Å². The van der Waals surface area contributed by atoms with Crippen LogP contribution in [0, 0.1) is 0 Å². The van der Waals surface area contributed by atoms with Gasteiger partial charge in [-0.1, -0.05) is 31.2 Å². The molecule has 0 fully saturated rings. The van der Waals surface area contributed by atoms with E-state index in [4.69, 9.17) is 0 Å². The van der Waals surface area contributed by atoms with Gasteiger partial charge in [0.05, 0.1) is 0 Å². The van der Waals surface area contributed by atoms with Gasteiger partial charge in [-0.05, 0) is 38.0 Å². The number of aryl methyl sites for hydroxylation is 1. The van der Waals surface area contributed by atoms with Gasteiger partial charge < -0.3 is 5.32 Å². The van der Waals surface area contributed by atoms with Crippen molar-refractivity contribution >= 4 is 5.91 Å². The van der Waals surface area contributed by atoms with Crippen LogP contribution in [0.2, 0.25) is 0 Å². The number of nitrogens with zero attached hydrogens (tertiary/aromatic N) is 4. The summed E-state index contributed by atoms with van der Waals surface area (Å²) in [6, 6.07) is 8.02. The summed E-state index contributed by atoms with van der Waals surface area (Å²) >= 11 is 0. The lowest BCUT2D eigenvalue weighted by Crippen LogP contribution is -2.42. The average molecular weight is 287 g/mol. The summed E-state index contributed by atoms with van der Waals surface area (Å²) in [6.07, 6.45) is 0.993. The highest BCUT2D eigenvalue weighted by Crippen LogP contribution is 2.14. The highest BCUT2D eigenvalue weighted by molar-refractivity contribution is 5.76. The zero-order chi connectivity index (χ0) is 15.5. The molecule has 0 radical (unpaired) electrons. The third-order valence-electron chi connectivity index (χ3n) is 2.87. The van der Waals surface area contributed by atoms with Gasteiger partial charge in [0.1, 0.15) is 6.54 Å². The Labute approximate surface area is 124 Å². The summed E-state index contributed by atoms with van der Waals surface area (Å²) in [5.41, 5.74) is 1.89. The highest BCUT2D eigenvalue weighted by atomic mass is 16.2. The van der Waals surface area contributed by atoms with E-state index in [9.17, 15) is 4.79 Å². The van der Waals surface area contributed by atoms with Crippen molar-refractivity contribution in [3.8, 4) is 11.4 Å². The third-order valence-corrected chi connectivity index (χ3v) is 2.87.